The van der Waals surface area contributed by atoms with Gasteiger partial charge in [-0.05, 0) is 33.5 Å². The molecule has 0 saturated carbocycles. The van der Waals surface area contributed by atoms with Gasteiger partial charge in [0.05, 0.1) is 0 Å². The highest BCUT2D eigenvalue weighted by Crippen LogP contribution is 2.16. The Morgan fingerprint density at radius 1 is 0.923 bits per heavy atom. The Morgan fingerprint density at radius 3 is 2.46 bits per heavy atom. The zero-order valence-electron chi connectivity index (χ0n) is 7.07. The van der Waals surface area contributed by atoms with Gasteiger partial charge in [0.2, 0.25) is 0 Å². The first kappa shape index (κ1) is 8.52. The molecular weight excluding hydrogens is 224 g/mol. The summed E-state index contributed by atoms with van der Waals surface area (Å²) in [6.07, 6.45) is 2.03. The third kappa shape index (κ3) is 1.81. The fraction of sp³-hybridized carbons (Fsp3) is 0. The summed E-state index contributed by atoms with van der Waals surface area (Å²) in [4.78, 5) is 1.87. The minimum absolute atomic E-state index is 1.22. The van der Waals surface area contributed by atoms with Crippen LogP contribution in [0.15, 0.2) is 47.4 Å². The average molecular weight is 233 g/mol. The van der Waals surface area contributed by atoms with Crippen LogP contribution in [-0.2, 0) is 0 Å². The molecule has 0 fully saturated rings. The third-order valence-corrected chi connectivity index (χ3v) is 2.29. The minimum atomic E-state index is 1.22. The number of benzene rings is 2. The number of halogens is 1. The number of hydrogen-bond donors (Lipinski definition) is 0. The zero-order chi connectivity index (χ0) is 9.10. The lowest BCUT2D eigenvalue weighted by Gasteiger charge is -1.98. The predicted octanol–water partition coefficient (Wildman–Crippen LogP) is 4.21. The van der Waals surface area contributed by atoms with E-state index < -0.39 is 0 Å². The van der Waals surface area contributed by atoms with Crippen molar-refractivity contribution in [2.24, 2.45) is 0 Å². The monoisotopic (exact) mass is 232 g/mol. The lowest BCUT2D eigenvalue weighted by Crippen LogP contribution is -1.73. The number of fused-ring (bicyclic) bond motifs is 1. The summed E-state index contributed by atoms with van der Waals surface area (Å²) >= 11 is 3.27. The number of rotatable bonds is 1. The second-order valence-corrected chi connectivity index (χ2v) is 3.43. The summed E-state index contributed by atoms with van der Waals surface area (Å²) in [6.45, 7) is 0. The molecule has 0 heterocycles. The van der Waals surface area contributed by atoms with Crippen LogP contribution in [0.2, 0.25) is 0 Å². The molecule has 0 N–H and O–H groups in total. The molecule has 1 heteroatoms. The van der Waals surface area contributed by atoms with Gasteiger partial charge in [0.1, 0.15) is 0 Å². The van der Waals surface area contributed by atoms with E-state index in [0.717, 1.165) is 0 Å². The number of hydrogen-bond acceptors (Lipinski definition) is 0. The zero-order valence-corrected chi connectivity index (χ0v) is 8.66. The van der Waals surface area contributed by atoms with Crippen molar-refractivity contribution in [1.82, 2.24) is 0 Å². The smallest absolute Gasteiger partial charge is 0.0178 e. The molecular formula is C12H9Br. The molecule has 0 aliphatic rings. The molecule has 0 aliphatic heterocycles. The molecule has 0 bridgehead atoms. The Hall–Kier alpha value is -1.08. The SMILES string of the molecule is Br/C=C/c1ccc2ccccc2c1. The normalized spacial score (nSPS) is 11.2. The maximum Gasteiger partial charge on any atom is -0.0178 e. The quantitative estimate of drug-likeness (QED) is 0.692. The molecule has 0 spiro atoms. The van der Waals surface area contributed by atoms with E-state index in [1.54, 1.807) is 0 Å². The van der Waals surface area contributed by atoms with Crippen LogP contribution >= 0.6 is 15.9 Å². The summed E-state index contributed by atoms with van der Waals surface area (Å²) < 4.78 is 0. The summed E-state index contributed by atoms with van der Waals surface area (Å²) in [5, 5.41) is 2.57. The molecule has 0 aliphatic carbocycles. The molecule has 2 aromatic rings. The summed E-state index contributed by atoms with van der Waals surface area (Å²) in [6, 6.07) is 14.8. The van der Waals surface area contributed by atoms with E-state index in [1.165, 1.54) is 16.3 Å². The summed E-state index contributed by atoms with van der Waals surface area (Å²) in [5.41, 5.74) is 1.22. The molecule has 0 aromatic heterocycles. The van der Waals surface area contributed by atoms with E-state index in [-0.39, 0.29) is 0 Å². The Morgan fingerprint density at radius 2 is 1.69 bits per heavy atom. The van der Waals surface area contributed by atoms with E-state index in [1.807, 2.05) is 11.1 Å². The lowest BCUT2D eigenvalue weighted by atomic mass is 10.1. The highest BCUT2D eigenvalue weighted by Gasteiger charge is 1.91. The second-order valence-electron chi connectivity index (χ2n) is 2.90. The van der Waals surface area contributed by atoms with Gasteiger partial charge in [0, 0.05) is 0 Å². The standard InChI is InChI=1S/C12H9Br/c13-8-7-10-5-6-11-3-1-2-4-12(11)9-10/h1-9H/b8-7+. The van der Waals surface area contributed by atoms with E-state index >= 15 is 0 Å². The van der Waals surface area contributed by atoms with Crippen LogP contribution in [0.5, 0.6) is 0 Å². The second kappa shape index (κ2) is 3.75. The molecule has 13 heavy (non-hydrogen) atoms. The maximum atomic E-state index is 3.27. The van der Waals surface area contributed by atoms with Crippen molar-refractivity contribution < 1.29 is 0 Å². The highest BCUT2D eigenvalue weighted by molar-refractivity contribution is 9.11. The Kier molecular flexibility index (Phi) is 2.46. The van der Waals surface area contributed by atoms with Crippen LogP contribution in [-0.4, -0.2) is 0 Å². The first-order valence-corrected chi connectivity index (χ1v) is 5.07. The molecule has 0 atom stereocenters. The van der Waals surface area contributed by atoms with Crippen molar-refractivity contribution in [3.63, 3.8) is 0 Å². The Bertz CT molecular complexity index is 444. The molecule has 2 rings (SSSR count). The van der Waals surface area contributed by atoms with Crippen LogP contribution in [0.25, 0.3) is 16.8 Å². The van der Waals surface area contributed by atoms with Crippen molar-refractivity contribution >= 4 is 32.8 Å². The fourth-order valence-corrected chi connectivity index (χ4v) is 1.69. The van der Waals surface area contributed by atoms with Crippen LogP contribution in [0.3, 0.4) is 0 Å². The molecule has 0 radical (unpaired) electrons. The van der Waals surface area contributed by atoms with Crippen molar-refractivity contribution in [3.05, 3.63) is 53.0 Å². The van der Waals surface area contributed by atoms with E-state index in [9.17, 15) is 0 Å². The van der Waals surface area contributed by atoms with Gasteiger partial charge in [-0.2, -0.15) is 0 Å². The van der Waals surface area contributed by atoms with Gasteiger partial charge in [0.15, 0.2) is 0 Å². The van der Waals surface area contributed by atoms with Crippen molar-refractivity contribution in [2.45, 2.75) is 0 Å². The topological polar surface area (TPSA) is 0 Å². The van der Waals surface area contributed by atoms with Gasteiger partial charge in [0.25, 0.3) is 0 Å². The fourth-order valence-electron chi connectivity index (χ4n) is 1.38. The first-order valence-electron chi connectivity index (χ1n) is 4.16. The summed E-state index contributed by atoms with van der Waals surface area (Å²) in [7, 11) is 0. The van der Waals surface area contributed by atoms with Gasteiger partial charge in [-0.1, -0.05) is 52.3 Å². The Balaban J connectivity index is 2.62. The largest absolute Gasteiger partial charge is 0.0616 e. The van der Waals surface area contributed by atoms with Gasteiger partial charge < -0.3 is 0 Å². The van der Waals surface area contributed by atoms with Crippen molar-refractivity contribution in [3.8, 4) is 0 Å². The van der Waals surface area contributed by atoms with E-state index in [0.29, 0.717) is 0 Å². The molecule has 0 amide bonds. The van der Waals surface area contributed by atoms with Crippen molar-refractivity contribution in [1.29, 1.82) is 0 Å². The predicted molar refractivity (Wildman–Crippen MR) is 61.9 cm³/mol. The van der Waals surface area contributed by atoms with Crippen LogP contribution in [0.1, 0.15) is 5.56 Å². The first-order chi connectivity index (χ1) is 6.40. The summed E-state index contributed by atoms with van der Waals surface area (Å²) in [5.74, 6) is 0. The lowest BCUT2D eigenvalue weighted by molar-refractivity contribution is 1.71. The Labute approximate surface area is 86.0 Å². The average Bonchev–Trinajstić information content (AvgIpc) is 2.18. The van der Waals surface area contributed by atoms with Gasteiger partial charge >= 0.3 is 0 Å². The van der Waals surface area contributed by atoms with Crippen molar-refractivity contribution in [2.75, 3.05) is 0 Å². The highest BCUT2D eigenvalue weighted by atomic mass is 79.9. The maximum absolute atomic E-state index is 3.27. The van der Waals surface area contributed by atoms with Crippen LogP contribution in [0, 0.1) is 0 Å². The van der Waals surface area contributed by atoms with E-state index in [4.69, 9.17) is 0 Å². The molecule has 0 unspecified atom stereocenters. The van der Waals surface area contributed by atoms with Gasteiger partial charge in [-0.3, -0.25) is 0 Å². The molecule has 2 aromatic carbocycles. The van der Waals surface area contributed by atoms with Gasteiger partial charge in [-0.25, -0.2) is 0 Å². The van der Waals surface area contributed by atoms with Gasteiger partial charge in [-0.15, -0.1) is 0 Å². The third-order valence-electron chi connectivity index (χ3n) is 2.03. The van der Waals surface area contributed by atoms with Crippen LogP contribution in [0.4, 0.5) is 0 Å². The van der Waals surface area contributed by atoms with E-state index in [2.05, 4.69) is 58.4 Å². The molecule has 64 valence electrons. The van der Waals surface area contributed by atoms with Crippen LogP contribution < -0.4 is 0 Å². The molecule has 0 saturated heterocycles. The molecule has 0 nitrogen and oxygen atoms in total. The minimum Gasteiger partial charge on any atom is -0.0616 e.